The van der Waals surface area contributed by atoms with Crippen LogP contribution in [0.15, 0.2) is 48.8 Å². The van der Waals surface area contributed by atoms with Crippen LogP contribution in [0.25, 0.3) is 0 Å². The summed E-state index contributed by atoms with van der Waals surface area (Å²) in [5, 5.41) is 9.07. The molecule has 1 aliphatic rings. The van der Waals surface area contributed by atoms with Gasteiger partial charge in [-0.2, -0.15) is 0 Å². The van der Waals surface area contributed by atoms with E-state index in [4.69, 9.17) is 9.84 Å². The average molecular weight is 298 g/mol. The molecule has 1 aromatic heterocycles. The molecule has 114 valence electrons. The summed E-state index contributed by atoms with van der Waals surface area (Å²) in [6.45, 7) is 3.01. The number of morpholine rings is 1. The summed E-state index contributed by atoms with van der Waals surface area (Å²) >= 11 is 0. The predicted octanol–water partition coefficient (Wildman–Crippen LogP) is 2.35. The molecular formula is C17H18N2O3. The van der Waals surface area contributed by atoms with E-state index in [0.717, 1.165) is 30.8 Å². The summed E-state index contributed by atoms with van der Waals surface area (Å²) in [7, 11) is 0. The van der Waals surface area contributed by atoms with Crippen LogP contribution in [-0.4, -0.2) is 40.7 Å². The second-order valence-electron chi connectivity index (χ2n) is 5.39. The van der Waals surface area contributed by atoms with E-state index in [2.05, 4.69) is 9.88 Å². The van der Waals surface area contributed by atoms with E-state index in [0.29, 0.717) is 12.2 Å². The monoisotopic (exact) mass is 298 g/mol. The van der Waals surface area contributed by atoms with Crippen molar-refractivity contribution in [3.63, 3.8) is 0 Å². The van der Waals surface area contributed by atoms with Crippen molar-refractivity contribution in [2.45, 2.75) is 12.6 Å². The summed E-state index contributed by atoms with van der Waals surface area (Å²) in [6.07, 6.45) is 3.60. The third kappa shape index (κ3) is 3.50. The maximum atomic E-state index is 11.0. The molecule has 3 rings (SSSR count). The number of pyridine rings is 1. The van der Waals surface area contributed by atoms with Crippen molar-refractivity contribution >= 4 is 5.97 Å². The molecular weight excluding hydrogens is 280 g/mol. The second-order valence-corrected chi connectivity index (χ2v) is 5.39. The fourth-order valence-corrected chi connectivity index (χ4v) is 2.68. The minimum Gasteiger partial charge on any atom is -0.478 e. The predicted molar refractivity (Wildman–Crippen MR) is 81.6 cm³/mol. The number of ether oxygens (including phenoxy) is 1. The zero-order valence-corrected chi connectivity index (χ0v) is 12.2. The van der Waals surface area contributed by atoms with Gasteiger partial charge < -0.3 is 9.84 Å². The average Bonchev–Trinajstić information content (AvgIpc) is 2.56. The number of hydrogen-bond donors (Lipinski definition) is 1. The lowest BCUT2D eigenvalue weighted by Crippen LogP contribution is -2.37. The largest absolute Gasteiger partial charge is 0.478 e. The van der Waals surface area contributed by atoms with Gasteiger partial charge in [-0.05, 0) is 23.8 Å². The van der Waals surface area contributed by atoms with Gasteiger partial charge >= 0.3 is 5.97 Å². The van der Waals surface area contributed by atoms with E-state index in [-0.39, 0.29) is 6.10 Å². The molecule has 1 aliphatic heterocycles. The van der Waals surface area contributed by atoms with Crippen molar-refractivity contribution in [1.29, 1.82) is 0 Å². The number of carbonyl (C=O) groups is 1. The number of hydrogen-bond acceptors (Lipinski definition) is 4. The Balaban J connectivity index is 1.68. The molecule has 0 saturated carbocycles. The van der Waals surface area contributed by atoms with Gasteiger partial charge in [0.1, 0.15) is 0 Å². The minimum atomic E-state index is -0.892. The molecule has 1 saturated heterocycles. The summed E-state index contributed by atoms with van der Waals surface area (Å²) in [5.41, 5.74) is 2.41. The first-order chi connectivity index (χ1) is 10.7. The van der Waals surface area contributed by atoms with Gasteiger partial charge in [0, 0.05) is 37.6 Å². The lowest BCUT2D eigenvalue weighted by molar-refractivity contribution is -0.0330. The number of benzene rings is 1. The highest BCUT2D eigenvalue weighted by atomic mass is 16.5. The van der Waals surface area contributed by atoms with Crippen molar-refractivity contribution in [2.24, 2.45) is 0 Å². The van der Waals surface area contributed by atoms with Gasteiger partial charge in [0.25, 0.3) is 0 Å². The van der Waals surface area contributed by atoms with Gasteiger partial charge in [-0.25, -0.2) is 4.79 Å². The number of nitrogens with zero attached hydrogens (tertiary/aromatic N) is 2. The molecule has 1 atom stereocenters. The number of aromatic carboxylic acids is 1. The van der Waals surface area contributed by atoms with E-state index < -0.39 is 5.97 Å². The molecule has 2 aromatic rings. The van der Waals surface area contributed by atoms with Crippen LogP contribution < -0.4 is 0 Å². The Morgan fingerprint density at radius 1 is 1.36 bits per heavy atom. The number of carboxylic acid groups (broad SMARTS) is 1. The fourth-order valence-electron chi connectivity index (χ4n) is 2.68. The third-order valence-corrected chi connectivity index (χ3v) is 3.79. The number of carboxylic acids is 1. The maximum absolute atomic E-state index is 11.0. The fraction of sp³-hybridized carbons (Fsp3) is 0.294. The van der Waals surface area contributed by atoms with Crippen LogP contribution in [-0.2, 0) is 11.3 Å². The van der Waals surface area contributed by atoms with Crippen LogP contribution in [0.2, 0.25) is 0 Å². The molecule has 0 unspecified atom stereocenters. The van der Waals surface area contributed by atoms with Crippen molar-refractivity contribution in [1.82, 2.24) is 9.88 Å². The molecule has 5 heteroatoms. The van der Waals surface area contributed by atoms with Gasteiger partial charge in [0.2, 0.25) is 0 Å². The molecule has 1 aromatic carbocycles. The Kier molecular flexibility index (Phi) is 4.46. The topological polar surface area (TPSA) is 62.7 Å². The van der Waals surface area contributed by atoms with Crippen LogP contribution in [0.3, 0.4) is 0 Å². The van der Waals surface area contributed by atoms with Gasteiger partial charge in [-0.3, -0.25) is 9.88 Å². The van der Waals surface area contributed by atoms with Gasteiger partial charge in [-0.1, -0.05) is 18.2 Å². The summed E-state index contributed by atoms with van der Waals surface area (Å²) in [5.74, 6) is -0.892. The Labute approximate surface area is 129 Å². The van der Waals surface area contributed by atoms with Crippen molar-refractivity contribution in [3.8, 4) is 0 Å². The smallest absolute Gasteiger partial charge is 0.335 e. The number of aromatic nitrogens is 1. The lowest BCUT2D eigenvalue weighted by atomic mass is 10.1. The molecule has 0 spiro atoms. The van der Waals surface area contributed by atoms with Crippen molar-refractivity contribution < 1.29 is 14.6 Å². The highest BCUT2D eigenvalue weighted by Gasteiger charge is 2.22. The van der Waals surface area contributed by atoms with E-state index in [1.54, 1.807) is 24.4 Å². The van der Waals surface area contributed by atoms with Crippen LogP contribution in [0.4, 0.5) is 0 Å². The highest BCUT2D eigenvalue weighted by Crippen LogP contribution is 2.22. The van der Waals surface area contributed by atoms with E-state index in [9.17, 15) is 4.79 Å². The zero-order valence-electron chi connectivity index (χ0n) is 12.2. The Morgan fingerprint density at radius 3 is 3.05 bits per heavy atom. The number of rotatable bonds is 4. The molecule has 1 fully saturated rings. The maximum Gasteiger partial charge on any atom is 0.335 e. The molecule has 0 aliphatic carbocycles. The summed E-state index contributed by atoms with van der Waals surface area (Å²) < 4.78 is 5.82. The molecule has 1 N–H and O–H groups in total. The standard InChI is InChI=1S/C17H18N2O3/c20-17(21)14-4-1-3-13(9-14)11-19-7-8-22-16(12-19)15-5-2-6-18-10-15/h1-6,9-10,16H,7-8,11-12H2,(H,20,21)/t16-/m0/s1. The first-order valence-corrected chi connectivity index (χ1v) is 7.28. The first-order valence-electron chi connectivity index (χ1n) is 7.28. The van der Waals surface area contributed by atoms with Crippen molar-refractivity contribution in [3.05, 3.63) is 65.5 Å². The molecule has 0 amide bonds. The minimum absolute atomic E-state index is 0.0186. The van der Waals surface area contributed by atoms with E-state index in [1.165, 1.54) is 0 Å². The van der Waals surface area contributed by atoms with Crippen LogP contribution in [0, 0.1) is 0 Å². The van der Waals surface area contributed by atoms with Crippen molar-refractivity contribution in [2.75, 3.05) is 19.7 Å². The summed E-state index contributed by atoms with van der Waals surface area (Å²) in [4.78, 5) is 17.5. The molecule has 22 heavy (non-hydrogen) atoms. The Bertz CT molecular complexity index is 645. The highest BCUT2D eigenvalue weighted by molar-refractivity contribution is 5.87. The van der Waals surface area contributed by atoms with Crippen LogP contribution >= 0.6 is 0 Å². The molecule has 5 nitrogen and oxygen atoms in total. The molecule has 2 heterocycles. The SMILES string of the molecule is O=C(O)c1cccc(CN2CCO[C@H](c3cccnc3)C2)c1. The van der Waals surface area contributed by atoms with Gasteiger partial charge in [-0.15, -0.1) is 0 Å². The normalized spacial score (nSPS) is 19.0. The van der Waals surface area contributed by atoms with Gasteiger partial charge in [0.05, 0.1) is 18.3 Å². The third-order valence-electron chi connectivity index (χ3n) is 3.79. The van der Waals surface area contributed by atoms with Crippen LogP contribution in [0.5, 0.6) is 0 Å². The Morgan fingerprint density at radius 2 is 2.27 bits per heavy atom. The molecule has 0 bridgehead atoms. The second kappa shape index (κ2) is 6.68. The Hall–Kier alpha value is -2.24. The van der Waals surface area contributed by atoms with E-state index >= 15 is 0 Å². The molecule has 0 radical (unpaired) electrons. The quantitative estimate of drug-likeness (QED) is 0.939. The summed E-state index contributed by atoms with van der Waals surface area (Å²) in [6, 6.07) is 11.0. The zero-order chi connectivity index (χ0) is 15.4. The van der Waals surface area contributed by atoms with E-state index in [1.807, 2.05) is 24.4 Å². The first kappa shape index (κ1) is 14.7. The lowest BCUT2D eigenvalue weighted by Gasteiger charge is -2.33. The van der Waals surface area contributed by atoms with Gasteiger partial charge in [0.15, 0.2) is 0 Å². The van der Waals surface area contributed by atoms with Crippen LogP contribution in [0.1, 0.15) is 27.6 Å².